The van der Waals surface area contributed by atoms with Crippen LogP contribution in [0.25, 0.3) is 11.5 Å². The van der Waals surface area contributed by atoms with E-state index in [1.54, 1.807) is 30.3 Å². The van der Waals surface area contributed by atoms with Gasteiger partial charge in [0.05, 0.1) is 5.75 Å². The molecule has 2 aromatic carbocycles. The number of aromatic nitrogens is 2. The largest absolute Gasteiger partial charge is 0.411 e. The Bertz CT molecular complexity index is 881. The second kappa shape index (κ2) is 7.50. The molecule has 1 heterocycles. The van der Waals surface area contributed by atoms with E-state index >= 15 is 0 Å². The molecule has 0 amide bonds. The van der Waals surface area contributed by atoms with Crippen molar-refractivity contribution in [3.05, 3.63) is 60.7 Å². The van der Waals surface area contributed by atoms with Crippen molar-refractivity contribution < 1.29 is 17.0 Å². The molecule has 6 nitrogen and oxygen atoms in total. The third kappa shape index (κ3) is 4.59. The van der Waals surface area contributed by atoms with Crippen LogP contribution < -0.4 is 4.18 Å². The second-order valence-electron chi connectivity index (χ2n) is 4.75. The van der Waals surface area contributed by atoms with Crippen LogP contribution in [0.1, 0.15) is 0 Å². The van der Waals surface area contributed by atoms with E-state index in [0.717, 1.165) is 5.56 Å². The molecule has 8 heteroatoms. The predicted molar refractivity (Wildman–Crippen MR) is 91.3 cm³/mol. The van der Waals surface area contributed by atoms with Gasteiger partial charge in [-0.05, 0) is 24.3 Å². The van der Waals surface area contributed by atoms with Crippen molar-refractivity contribution in [2.45, 2.75) is 5.22 Å². The first-order valence-corrected chi connectivity index (χ1v) is 9.68. The van der Waals surface area contributed by atoms with E-state index in [1.165, 1.54) is 11.8 Å². The molecule has 3 aromatic rings. The molecular weight excluding hydrogens is 348 g/mol. The molecule has 0 saturated heterocycles. The van der Waals surface area contributed by atoms with Gasteiger partial charge >= 0.3 is 10.1 Å². The molecule has 0 spiro atoms. The molecule has 1 aromatic heterocycles. The van der Waals surface area contributed by atoms with Crippen LogP contribution in [-0.2, 0) is 10.1 Å². The highest BCUT2D eigenvalue weighted by molar-refractivity contribution is 8.00. The van der Waals surface area contributed by atoms with Gasteiger partial charge in [-0.1, -0.05) is 48.2 Å². The molecule has 0 N–H and O–H groups in total. The smallest absolute Gasteiger partial charge is 0.310 e. The summed E-state index contributed by atoms with van der Waals surface area (Å²) in [4.78, 5) is 0. The summed E-state index contributed by atoms with van der Waals surface area (Å²) in [5, 5.41) is 8.18. The Balaban J connectivity index is 1.54. The molecule has 0 aliphatic heterocycles. The average Bonchev–Trinajstić information content (AvgIpc) is 3.05. The molecule has 0 fully saturated rings. The lowest BCUT2D eigenvalue weighted by Crippen LogP contribution is -2.15. The van der Waals surface area contributed by atoms with Gasteiger partial charge in [-0.2, -0.15) is 8.42 Å². The molecule has 0 saturated carbocycles. The van der Waals surface area contributed by atoms with Crippen LogP contribution >= 0.6 is 11.8 Å². The summed E-state index contributed by atoms with van der Waals surface area (Å²) < 4.78 is 34.3. The molecule has 124 valence electrons. The van der Waals surface area contributed by atoms with Gasteiger partial charge in [-0.25, -0.2) is 0 Å². The van der Waals surface area contributed by atoms with Crippen LogP contribution in [0, 0.1) is 0 Å². The van der Waals surface area contributed by atoms with Crippen molar-refractivity contribution in [1.82, 2.24) is 10.2 Å². The number of para-hydroxylation sites is 1. The molecule has 0 radical (unpaired) electrons. The van der Waals surface area contributed by atoms with E-state index in [-0.39, 0.29) is 11.5 Å². The number of benzene rings is 2. The minimum Gasteiger partial charge on any atom is -0.411 e. The van der Waals surface area contributed by atoms with Crippen LogP contribution in [0.15, 0.2) is 70.3 Å². The SMILES string of the molecule is O=S(=O)(CCSc1nnc(-c2ccccc2)o1)Oc1ccccc1. The molecule has 0 aliphatic rings. The summed E-state index contributed by atoms with van der Waals surface area (Å²) in [6, 6.07) is 17.8. The van der Waals surface area contributed by atoms with Gasteiger partial charge in [-0.15, -0.1) is 10.2 Å². The summed E-state index contributed by atoms with van der Waals surface area (Å²) in [7, 11) is -3.66. The first-order valence-electron chi connectivity index (χ1n) is 7.11. The van der Waals surface area contributed by atoms with E-state index in [2.05, 4.69) is 10.2 Å². The maximum Gasteiger partial charge on any atom is 0.310 e. The third-order valence-electron chi connectivity index (χ3n) is 2.95. The lowest BCUT2D eigenvalue weighted by atomic mass is 10.2. The van der Waals surface area contributed by atoms with Crippen LogP contribution in [-0.4, -0.2) is 30.1 Å². The molecule has 0 bridgehead atoms. The Labute approximate surface area is 144 Å². The lowest BCUT2D eigenvalue weighted by molar-refractivity contribution is 0.466. The fraction of sp³-hybridized carbons (Fsp3) is 0.125. The van der Waals surface area contributed by atoms with Crippen LogP contribution in [0.2, 0.25) is 0 Å². The van der Waals surface area contributed by atoms with E-state index in [4.69, 9.17) is 8.60 Å². The van der Waals surface area contributed by atoms with E-state index in [0.29, 0.717) is 16.9 Å². The van der Waals surface area contributed by atoms with Crippen molar-refractivity contribution in [2.75, 3.05) is 11.5 Å². The van der Waals surface area contributed by atoms with E-state index in [1.807, 2.05) is 30.3 Å². The van der Waals surface area contributed by atoms with Gasteiger partial charge in [0.15, 0.2) is 0 Å². The molecule has 0 unspecified atom stereocenters. The number of thioether (sulfide) groups is 1. The highest BCUT2D eigenvalue weighted by Crippen LogP contribution is 2.23. The standard InChI is InChI=1S/C16H14N2O4S2/c19-24(20,22-14-9-5-2-6-10-14)12-11-23-16-18-17-15(21-16)13-7-3-1-4-8-13/h1-10H,11-12H2. The summed E-state index contributed by atoms with van der Waals surface area (Å²) in [5.41, 5.74) is 0.817. The topological polar surface area (TPSA) is 82.3 Å². The second-order valence-corrected chi connectivity index (χ2v) is 7.48. The van der Waals surface area contributed by atoms with Gasteiger partial charge in [0.1, 0.15) is 5.75 Å². The van der Waals surface area contributed by atoms with Gasteiger partial charge in [0.2, 0.25) is 5.89 Å². The molecule has 0 atom stereocenters. The molecule has 3 rings (SSSR count). The lowest BCUT2D eigenvalue weighted by Gasteiger charge is -2.05. The average molecular weight is 362 g/mol. The predicted octanol–water partition coefficient (Wildman–Crippen LogP) is 3.24. The highest BCUT2D eigenvalue weighted by Gasteiger charge is 2.15. The summed E-state index contributed by atoms with van der Waals surface area (Å²) >= 11 is 1.17. The maximum absolute atomic E-state index is 11.9. The van der Waals surface area contributed by atoms with Crippen molar-refractivity contribution >= 4 is 21.9 Å². The zero-order chi connectivity index (χ0) is 16.8. The first kappa shape index (κ1) is 16.5. The van der Waals surface area contributed by atoms with Crippen LogP contribution in [0.5, 0.6) is 5.75 Å². The van der Waals surface area contributed by atoms with Gasteiger partial charge in [0, 0.05) is 11.3 Å². The quantitative estimate of drug-likeness (QED) is 0.471. The Morgan fingerprint density at radius 3 is 2.33 bits per heavy atom. The molecular formula is C16H14N2O4S2. The Hall–Kier alpha value is -2.32. The zero-order valence-corrected chi connectivity index (χ0v) is 14.2. The van der Waals surface area contributed by atoms with Crippen LogP contribution in [0.3, 0.4) is 0 Å². The highest BCUT2D eigenvalue weighted by atomic mass is 32.2. The normalized spacial score (nSPS) is 11.3. The van der Waals surface area contributed by atoms with Crippen LogP contribution in [0.4, 0.5) is 0 Å². The van der Waals surface area contributed by atoms with E-state index < -0.39 is 10.1 Å². The van der Waals surface area contributed by atoms with Crippen molar-refractivity contribution in [3.8, 4) is 17.2 Å². The minimum atomic E-state index is -3.66. The maximum atomic E-state index is 11.9. The van der Waals surface area contributed by atoms with Crippen molar-refractivity contribution in [2.24, 2.45) is 0 Å². The fourth-order valence-electron chi connectivity index (χ4n) is 1.86. The zero-order valence-electron chi connectivity index (χ0n) is 12.5. The van der Waals surface area contributed by atoms with Gasteiger partial charge in [0.25, 0.3) is 5.22 Å². The monoisotopic (exact) mass is 362 g/mol. The molecule has 24 heavy (non-hydrogen) atoms. The number of rotatable bonds is 7. The number of hydrogen-bond acceptors (Lipinski definition) is 7. The molecule has 0 aliphatic carbocycles. The third-order valence-corrected chi connectivity index (χ3v) is 5.18. The summed E-state index contributed by atoms with van der Waals surface area (Å²) in [6.45, 7) is 0. The Morgan fingerprint density at radius 1 is 0.958 bits per heavy atom. The van der Waals surface area contributed by atoms with E-state index in [9.17, 15) is 8.42 Å². The Kier molecular flexibility index (Phi) is 5.17. The number of nitrogens with zero attached hydrogens (tertiary/aromatic N) is 2. The summed E-state index contributed by atoms with van der Waals surface area (Å²) in [6.07, 6.45) is 0. The van der Waals surface area contributed by atoms with Crippen molar-refractivity contribution in [1.29, 1.82) is 0 Å². The van der Waals surface area contributed by atoms with Crippen molar-refractivity contribution in [3.63, 3.8) is 0 Å². The minimum absolute atomic E-state index is 0.157. The Morgan fingerprint density at radius 2 is 1.62 bits per heavy atom. The fourth-order valence-corrected chi connectivity index (χ4v) is 3.91. The van der Waals surface area contributed by atoms with Gasteiger partial charge < -0.3 is 8.60 Å². The summed E-state index contributed by atoms with van der Waals surface area (Å²) in [5.74, 6) is 0.800. The number of hydrogen-bond donors (Lipinski definition) is 0. The van der Waals surface area contributed by atoms with Gasteiger partial charge in [-0.3, -0.25) is 0 Å². The first-order chi connectivity index (χ1) is 11.6.